The number of nitrogens with zero attached hydrogens (tertiary/aromatic N) is 1. The van der Waals surface area contributed by atoms with Crippen LogP contribution in [0.15, 0.2) is 18.3 Å². The molecule has 1 aliphatic rings. The molecule has 3 nitrogen and oxygen atoms in total. The second-order valence-corrected chi connectivity index (χ2v) is 4.75. The number of aromatic nitrogens is 1. The second-order valence-electron chi connectivity index (χ2n) is 4.75. The summed E-state index contributed by atoms with van der Waals surface area (Å²) in [6.45, 7) is 6.08. The Bertz CT molecular complexity index is 354. The van der Waals surface area contributed by atoms with Crippen molar-refractivity contribution in [2.45, 2.75) is 51.8 Å². The molecule has 0 aromatic carbocycles. The summed E-state index contributed by atoms with van der Waals surface area (Å²) in [6, 6.07) is 4.75. The highest BCUT2D eigenvalue weighted by atomic mass is 16.5. The van der Waals surface area contributed by atoms with Gasteiger partial charge in [0.25, 0.3) is 0 Å². The molecule has 2 rings (SSSR count). The van der Waals surface area contributed by atoms with Crippen LogP contribution in [0.25, 0.3) is 0 Å². The Kier molecular flexibility index (Phi) is 4.51. The Morgan fingerprint density at radius 3 is 3.18 bits per heavy atom. The maximum Gasteiger partial charge on any atom is 0.0573 e. The highest BCUT2D eigenvalue weighted by molar-refractivity contribution is 5.19. The van der Waals surface area contributed by atoms with Crippen molar-refractivity contribution in [2.24, 2.45) is 0 Å². The van der Waals surface area contributed by atoms with Crippen LogP contribution in [0, 0.1) is 0 Å². The largest absolute Gasteiger partial charge is 0.378 e. The minimum absolute atomic E-state index is 0.385. The van der Waals surface area contributed by atoms with E-state index < -0.39 is 0 Å². The first kappa shape index (κ1) is 12.5. The van der Waals surface area contributed by atoms with Crippen molar-refractivity contribution in [3.63, 3.8) is 0 Å². The van der Waals surface area contributed by atoms with E-state index in [-0.39, 0.29) is 0 Å². The van der Waals surface area contributed by atoms with Gasteiger partial charge in [-0.15, -0.1) is 0 Å². The molecule has 1 saturated heterocycles. The van der Waals surface area contributed by atoms with E-state index in [2.05, 4.69) is 30.2 Å². The summed E-state index contributed by atoms with van der Waals surface area (Å²) in [5, 5.41) is 3.60. The predicted molar refractivity (Wildman–Crippen MR) is 68.9 cm³/mol. The van der Waals surface area contributed by atoms with Gasteiger partial charge < -0.3 is 10.1 Å². The molecule has 0 bridgehead atoms. The normalized spacial score (nSPS) is 24.8. The van der Waals surface area contributed by atoms with E-state index >= 15 is 0 Å². The topological polar surface area (TPSA) is 34.2 Å². The molecule has 0 saturated carbocycles. The molecule has 94 valence electrons. The van der Waals surface area contributed by atoms with Gasteiger partial charge in [-0.25, -0.2) is 0 Å². The third-order valence-corrected chi connectivity index (χ3v) is 3.41. The summed E-state index contributed by atoms with van der Waals surface area (Å²) in [4.78, 5) is 4.46. The van der Waals surface area contributed by atoms with Crippen molar-refractivity contribution in [1.82, 2.24) is 10.3 Å². The van der Waals surface area contributed by atoms with E-state index in [0.717, 1.165) is 32.4 Å². The van der Waals surface area contributed by atoms with Gasteiger partial charge in [-0.05, 0) is 37.8 Å². The Hall–Kier alpha value is -0.930. The number of hydrogen-bond donors (Lipinski definition) is 1. The van der Waals surface area contributed by atoms with Gasteiger partial charge in [0.15, 0.2) is 0 Å². The molecular weight excluding hydrogens is 212 g/mol. The van der Waals surface area contributed by atoms with Gasteiger partial charge in [0.2, 0.25) is 0 Å². The molecule has 17 heavy (non-hydrogen) atoms. The van der Waals surface area contributed by atoms with E-state index in [1.165, 1.54) is 11.3 Å². The first-order valence-electron chi connectivity index (χ1n) is 6.57. The van der Waals surface area contributed by atoms with Crippen LogP contribution in [-0.4, -0.2) is 23.7 Å². The van der Waals surface area contributed by atoms with Gasteiger partial charge in [0.05, 0.1) is 11.8 Å². The fourth-order valence-corrected chi connectivity index (χ4v) is 2.38. The van der Waals surface area contributed by atoms with E-state index in [1.54, 1.807) is 0 Å². The van der Waals surface area contributed by atoms with E-state index in [1.807, 2.05) is 12.3 Å². The fourth-order valence-electron chi connectivity index (χ4n) is 2.38. The molecule has 0 radical (unpaired) electrons. The molecule has 1 aromatic heterocycles. The molecule has 3 heteroatoms. The minimum atomic E-state index is 0.385. The quantitative estimate of drug-likeness (QED) is 0.868. The van der Waals surface area contributed by atoms with Crippen molar-refractivity contribution in [1.29, 1.82) is 0 Å². The summed E-state index contributed by atoms with van der Waals surface area (Å²) >= 11 is 0. The summed E-state index contributed by atoms with van der Waals surface area (Å²) < 4.78 is 5.55. The lowest BCUT2D eigenvalue weighted by atomic mass is 10.0. The first-order chi connectivity index (χ1) is 8.29. The Morgan fingerprint density at radius 1 is 1.53 bits per heavy atom. The van der Waals surface area contributed by atoms with Crippen molar-refractivity contribution >= 4 is 0 Å². The number of pyridine rings is 1. The van der Waals surface area contributed by atoms with E-state index in [4.69, 9.17) is 4.74 Å². The minimum Gasteiger partial charge on any atom is -0.378 e. The van der Waals surface area contributed by atoms with Crippen LogP contribution in [0.2, 0.25) is 0 Å². The van der Waals surface area contributed by atoms with Crippen molar-refractivity contribution in [2.75, 3.05) is 6.61 Å². The summed E-state index contributed by atoms with van der Waals surface area (Å²) in [5.74, 6) is 0. The fraction of sp³-hybridized carbons (Fsp3) is 0.643. The first-order valence-corrected chi connectivity index (χ1v) is 6.57. The molecule has 0 amide bonds. The number of nitrogens with one attached hydrogen (secondary N) is 1. The predicted octanol–water partition coefficient (Wildman–Crippen LogP) is 2.30. The van der Waals surface area contributed by atoms with Crippen LogP contribution in [0.1, 0.15) is 37.9 Å². The molecule has 0 spiro atoms. The van der Waals surface area contributed by atoms with Crippen LogP contribution in [0.4, 0.5) is 0 Å². The summed E-state index contributed by atoms with van der Waals surface area (Å²) in [5.41, 5.74) is 2.54. The summed E-state index contributed by atoms with van der Waals surface area (Å²) in [6.07, 6.45) is 5.53. The second kappa shape index (κ2) is 6.12. The van der Waals surface area contributed by atoms with Crippen molar-refractivity contribution in [3.05, 3.63) is 29.6 Å². The highest BCUT2D eigenvalue weighted by Crippen LogP contribution is 2.14. The molecule has 1 aliphatic heterocycles. The maximum atomic E-state index is 5.55. The van der Waals surface area contributed by atoms with Crippen molar-refractivity contribution in [3.8, 4) is 0 Å². The lowest BCUT2D eigenvalue weighted by Gasteiger charge is -2.28. The molecular formula is C14H22N2O. The Morgan fingerprint density at radius 2 is 2.41 bits per heavy atom. The van der Waals surface area contributed by atoms with E-state index in [0.29, 0.717) is 12.1 Å². The molecule has 0 aliphatic carbocycles. The summed E-state index contributed by atoms with van der Waals surface area (Å²) in [7, 11) is 0. The molecule has 2 atom stereocenters. The van der Waals surface area contributed by atoms with Crippen molar-refractivity contribution < 1.29 is 4.74 Å². The average molecular weight is 234 g/mol. The van der Waals surface area contributed by atoms with Gasteiger partial charge in [-0.2, -0.15) is 0 Å². The number of ether oxygens (including phenoxy) is 1. The molecule has 2 heterocycles. The van der Waals surface area contributed by atoms with Gasteiger partial charge in [0.1, 0.15) is 0 Å². The standard InChI is InChI=1S/C14H22N2O/c1-3-12-5-4-7-15-14(12)10-16-13-6-8-17-11(2)9-13/h4-5,7,11,13,16H,3,6,8-10H2,1-2H3. The van der Waals surface area contributed by atoms with Gasteiger partial charge in [0, 0.05) is 25.4 Å². The highest BCUT2D eigenvalue weighted by Gasteiger charge is 2.18. The monoisotopic (exact) mass is 234 g/mol. The lowest BCUT2D eigenvalue weighted by molar-refractivity contribution is 0.0130. The molecule has 1 N–H and O–H groups in total. The smallest absolute Gasteiger partial charge is 0.0573 e. The van der Waals surface area contributed by atoms with Gasteiger partial charge >= 0.3 is 0 Å². The Balaban J connectivity index is 1.88. The van der Waals surface area contributed by atoms with Crippen LogP contribution >= 0.6 is 0 Å². The van der Waals surface area contributed by atoms with E-state index in [9.17, 15) is 0 Å². The zero-order valence-electron chi connectivity index (χ0n) is 10.8. The molecule has 2 unspecified atom stereocenters. The zero-order valence-corrected chi connectivity index (χ0v) is 10.8. The SMILES string of the molecule is CCc1cccnc1CNC1CCOC(C)C1. The van der Waals surface area contributed by atoms with Gasteiger partial charge in [-0.1, -0.05) is 13.0 Å². The number of hydrogen-bond acceptors (Lipinski definition) is 3. The van der Waals surface area contributed by atoms with Gasteiger partial charge in [-0.3, -0.25) is 4.98 Å². The maximum absolute atomic E-state index is 5.55. The molecule has 1 fully saturated rings. The van der Waals surface area contributed by atoms with Crippen LogP contribution in [0.5, 0.6) is 0 Å². The van der Waals surface area contributed by atoms with Crippen LogP contribution in [0.3, 0.4) is 0 Å². The zero-order chi connectivity index (χ0) is 12.1. The average Bonchev–Trinajstić information content (AvgIpc) is 2.37. The van der Waals surface area contributed by atoms with Crippen LogP contribution < -0.4 is 5.32 Å². The number of rotatable bonds is 4. The molecule has 1 aromatic rings. The lowest BCUT2D eigenvalue weighted by Crippen LogP contribution is -2.37. The Labute approximate surface area is 104 Å². The number of aryl methyl sites for hydroxylation is 1. The van der Waals surface area contributed by atoms with Crippen LogP contribution in [-0.2, 0) is 17.7 Å². The third-order valence-electron chi connectivity index (χ3n) is 3.41. The third kappa shape index (κ3) is 3.51.